The van der Waals surface area contributed by atoms with Crippen molar-refractivity contribution in [3.63, 3.8) is 0 Å². The normalized spacial score (nSPS) is 12.5. The Kier molecular flexibility index (Phi) is 54.3. The van der Waals surface area contributed by atoms with Crippen molar-refractivity contribution >= 4 is 17.9 Å². The molecule has 0 spiro atoms. The van der Waals surface area contributed by atoms with E-state index >= 15 is 0 Å². The van der Waals surface area contributed by atoms with E-state index in [4.69, 9.17) is 14.2 Å². The van der Waals surface area contributed by atoms with Crippen molar-refractivity contribution in [1.29, 1.82) is 0 Å². The Hall–Kier alpha value is -2.89. The van der Waals surface area contributed by atoms with E-state index in [9.17, 15) is 14.4 Å². The van der Waals surface area contributed by atoms with Gasteiger partial charge in [0.1, 0.15) is 13.2 Å². The molecule has 0 aromatic heterocycles. The van der Waals surface area contributed by atoms with Crippen LogP contribution in [0, 0.1) is 0 Å². The topological polar surface area (TPSA) is 78.9 Å². The molecule has 0 rings (SSSR count). The van der Waals surface area contributed by atoms with Crippen LogP contribution in [-0.2, 0) is 28.6 Å². The van der Waals surface area contributed by atoms with Gasteiger partial charge >= 0.3 is 17.9 Å². The van der Waals surface area contributed by atoms with Gasteiger partial charge in [0, 0.05) is 19.3 Å². The highest BCUT2D eigenvalue weighted by Crippen LogP contribution is 2.17. The first kappa shape index (κ1) is 65.1. The van der Waals surface area contributed by atoms with E-state index in [2.05, 4.69) is 26.8 Å². The average molecular weight is 952 g/mol. The van der Waals surface area contributed by atoms with Crippen molar-refractivity contribution in [3.8, 4) is 0 Å². The predicted molar refractivity (Wildman–Crippen MR) is 293 cm³/mol. The second kappa shape index (κ2) is 56.7. The van der Waals surface area contributed by atoms with Crippen LogP contribution in [0.25, 0.3) is 0 Å². The van der Waals surface area contributed by atoms with Gasteiger partial charge < -0.3 is 14.2 Å². The fourth-order valence-corrected chi connectivity index (χ4v) is 8.53. The summed E-state index contributed by atoms with van der Waals surface area (Å²) < 4.78 is 16.8. The summed E-state index contributed by atoms with van der Waals surface area (Å²) in [6.07, 6.45) is 70.9. The summed E-state index contributed by atoms with van der Waals surface area (Å²) in [7, 11) is 0. The highest BCUT2D eigenvalue weighted by atomic mass is 16.6. The summed E-state index contributed by atoms with van der Waals surface area (Å²) in [6, 6.07) is 0. The van der Waals surface area contributed by atoms with E-state index in [1.165, 1.54) is 199 Å². The first-order valence-corrected chi connectivity index (χ1v) is 29.4. The molecule has 0 aromatic rings. The Balaban J connectivity index is 4.37. The van der Waals surface area contributed by atoms with Gasteiger partial charge in [-0.3, -0.25) is 14.4 Å². The molecular weight excluding hydrogens is 841 g/mol. The van der Waals surface area contributed by atoms with Crippen LogP contribution in [0.1, 0.15) is 297 Å². The summed E-state index contributed by atoms with van der Waals surface area (Å²) in [6.45, 7) is 6.48. The van der Waals surface area contributed by atoms with Gasteiger partial charge in [-0.15, -0.1) is 0 Å². The molecule has 1 unspecified atom stereocenters. The third kappa shape index (κ3) is 54.1. The van der Waals surface area contributed by atoms with Gasteiger partial charge in [-0.1, -0.05) is 306 Å². The molecule has 68 heavy (non-hydrogen) atoms. The Morgan fingerprint density at radius 3 is 0.897 bits per heavy atom. The molecule has 0 aromatic carbocycles. The lowest BCUT2D eigenvalue weighted by Gasteiger charge is -2.18. The summed E-state index contributed by atoms with van der Waals surface area (Å²) >= 11 is 0. The van der Waals surface area contributed by atoms with Gasteiger partial charge in [0.25, 0.3) is 0 Å². The number of esters is 3. The van der Waals surface area contributed by atoms with Crippen LogP contribution in [0.5, 0.6) is 0 Å². The standard InChI is InChI=1S/C62H110O6/c1-4-7-10-13-16-19-22-25-27-29-31-33-34-37-40-43-46-49-52-55-61(64)67-58-59(57-66-60(63)54-51-48-45-42-39-36-24-21-18-15-12-9-6-3)68-62(65)56-53-50-47-44-41-38-35-32-30-28-26-23-20-17-14-11-8-5-2/h9,12,15,18,21,24,36,39,42,45,59H,4-8,10-11,13-14,16-17,19-20,22-23,25-35,37-38,40-41,43-44,46-58H2,1-3H3/b12-9+,18-15+,24-21+,39-36+,45-42+. The van der Waals surface area contributed by atoms with E-state index in [1.54, 1.807) is 0 Å². The van der Waals surface area contributed by atoms with Crippen LogP contribution in [-0.4, -0.2) is 37.2 Å². The summed E-state index contributed by atoms with van der Waals surface area (Å²) in [4.78, 5) is 38.1. The lowest BCUT2D eigenvalue weighted by Crippen LogP contribution is -2.30. The van der Waals surface area contributed by atoms with Gasteiger partial charge in [0.15, 0.2) is 6.10 Å². The molecule has 0 heterocycles. The molecule has 0 aliphatic heterocycles. The molecule has 0 saturated carbocycles. The van der Waals surface area contributed by atoms with E-state index < -0.39 is 6.10 Å². The monoisotopic (exact) mass is 951 g/mol. The van der Waals surface area contributed by atoms with E-state index in [0.29, 0.717) is 19.3 Å². The third-order valence-electron chi connectivity index (χ3n) is 12.9. The Morgan fingerprint density at radius 2 is 0.574 bits per heavy atom. The van der Waals surface area contributed by atoms with Crippen LogP contribution >= 0.6 is 0 Å². The van der Waals surface area contributed by atoms with Gasteiger partial charge in [0.2, 0.25) is 0 Å². The van der Waals surface area contributed by atoms with Gasteiger partial charge in [-0.2, -0.15) is 0 Å². The zero-order valence-corrected chi connectivity index (χ0v) is 45.1. The fourth-order valence-electron chi connectivity index (χ4n) is 8.53. The number of carbonyl (C=O) groups excluding carboxylic acids is 3. The van der Waals surface area contributed by atoms with Crippen molar-refractivity contribution in [2.45, 2.75) is 303 Å². The second-order valence-electron chi connectivity index (χ2n) is 19.7. The molecule has 0 aliphatic carbocycles. The zero-order valence-electron chi connectivity index (χ0n) is 45.1. The summed E-state index contributed by atoms with van der Waals surface area (Å²) in [5.74, 6) is -0.953. The van der Waals surface area contributed by atoms with Crippen LogP contribution < -0.4 is 0 Å². The van der Waals surface area contributed by atoms with E-state index in [1.807, 2.05) is 54.7 Å². The SMILES string of the molecule is CC/C=C/C=C/C=C/C=C/C=C/CCCC(=O)OCC(COC(=O)CCCCCCCCCCCCCCCCCCCCC)OC(=O)CCCCCCCCCCCCCCCCCCCC. The van der Waals surface area contributed by atoms with Crippen LogP contribution in [0.3, 0.4) is 0 Å². The van der Waals surface area contributed by atoms with E-state index in [0.717, 1.165) is 51.4 Å². The zero-order chi connectivity index (χ0) is 49.3. The quantitative estimate of drug-likeness (QED) is 0.0262. The number of unbranched alkanes of at least 4 members (excludes halogenated alkanes) is 36. The molecule has 6 heteroatoms. The number of hydrogen-bond acceptors (Lipinski definition) is 6. The number of allylic oxidation sites excluding steroid dienone is 10. The molecule has 0 amide bonds. The van der Waals surface area contributed by atoms with Gasteiger partial charge in [-0.25, -0.2) is 0 Å². The predicted octanol–water partition coefficient (Wildman–Crippen LogP) is 19.6. The highest BCUT2D eigenvalue weighted by Gasteiger charge is 2.19. The summed E-state index contributed by atoms with van der Waals surface area (Å²) in [5, 5.41) is 0. The molecule has 0 aliphatic rings. The molecule has 1 atom stereocenters. The molecule has 0 N–H and O–H groups in total. The molecule has 0 fully saturated rings. The first-order valence-electron chi connectivity index (χ1n) is 29.4. The summed E-state index contributed by atoms with van der Waals surface area (Å²) in [5.41, 5.74) is 0. The van der Waals surface area contributed by atoms with Gasteiger partial charge in [0.05, 0.1) is 0 Å². The lowest BCUT2D eigenvalue weighted by molar-refractivity contribution is -0.167. The van der Waals surface area contributed by atoms with Gasteiger partial charge in [-0.05, 0) is 32.1 Å². The fraction of sp³-hybridized carbons (Fsp3) is 0.790. The maximum atomic E-state index is 12.9. The average Bonchev–Trinajstić information content (AvgIpc) is 3.34. The van der Waals surface area contributed by atoms with Crippen molar-refractivity contribution < 1.29 is 28.6 Å². The Labute approximate surface area is 421 Å². The van der Waals surface area contributed by atoms with Crippen molar-refractivity contribution in [3.05, 3.63) is 60.8 Å². The molecular formula is C62H110O6. The molecule has 0 saturated heterocycles. The van der Waals surface area contributed by atoms with Crippen LogP contribution in [0.15, 0.2) is 60.8 Å². The number of rotatable bonds is 53. The molecule has 0 bridgehead atoms. The maximum Gasteiger partial charge on any atom is 0.306 e. The minimum absolute atomic E-state index is 0.0924. The maximum absolute atomic E-state index is 12.9. The van der Waals surface area contributed by atoms with Crippen LogP contribution in [0.4, 0.5) is 0 Å². The van der Waals surface area contributed by atoms with Crippen LogP contribution in [0.2, 0.25) is 0 Å². The highest BCUT2D eigenvalue weighted by molar-refractivity contribution is 5.71. The molecule has 6 nitrogen and oxygen atoms in total. The minimum atomic E-state index is -0.799. The molecule has 0 radical (unpaired) electrons. The van der Waals surface area contributed by atoms with Crippen molar-refractivity contribution in [2.75, 3.05) is 13.2 Å². The number of carbonyl (C=O) groups is 3. The first-order chi connectivity index (χ1) is 33.5. The second-order valence-corrected chi connectivity index (χ2v) is 19.7. The third-order valence-corrected chi connectivity index (χ3v) is 12.9. The Bertz CT molecular complexity index is 1230. The van der Waals surface area contributed by atoms with Crippen molar-refractivity contribution in [2.24, 2.45) is 0 Å². The number of ether oxygens (including phenoxy) is 3. The Morgan fingerprint density at radius 1 is 0.309 bits per heavy atom. The molecule has 394 valence electrons. The van der Waals surface area contributed by atoms with E-state index in [-0.39, 0.29) is 37.5 Å². The van der Waals surface area contributed by atoms with Crippen molar-refractivity contribution in [1.82, 2.24) is 0 Å². The lowest BCUT2D eigenvalue weighted by atomic mass is 10.0. The number of hydrogen-bond donors (Lipinski definition) is 0. The minimum Gasteiger partial charge on any atom is -0.462 e. The smallest absolute Gasteiger partial charge is 0.306 e. The largest absolute Gasteiger partial charge is 0.462 e.